The number of carbonyl (C=O) groups is 1. The first-order chi connectivity index (χ1) is 16.8. The molecule has 0 saturated heterocycles. The molecular weight excluding hydrogens is 440 g/mol. The highest BCUT2D eigenvalue weighted by Crippen LogP contribution is 2.37. The van der Waals surface area contributed by atoms with Gasteiger partial charge in [-0.25, -0.2) is 4.79 Å². The monoisotopic (exact) mass is 474 g/mol. The molecule has 1 fully saturated rings. The maximum absolute atomic E-state index is 12.9. The molecule has 35 heavy (non-hydrogen) atoms. The summed E-state index contributed by atoms with van der Waals surface area (Å²) in [6.07, 6.45) is 3.83. The predicted molar refractivity (Wildman–Crippen MR) is 134 cm³/mol. The molecule has 7 heteroatoms. The number of fused-ring (bicyclic) bond motifs is 3. The minimum absolute atomic E-state index is 0.217. The van der Waals surface area contributed by atoms with Gasteiger partial charge in [-0.2, -0.15) is 0 Å². The lowest BCUT2D eigenvalue weighted by atomic mass is 9.86. The van der Waals surface area contributed by atoms with Gasteiger partial charge in [0.2, 0.25) is 0 Å². The number of carbonyl (C=O) groups excluding carboxylic acids is 1. The maximum atomic E-state index is 12.9. The molecule has 2 aliphatic rings. The summed E-state index contributed by atoms with van der Waals surface area (Å²) < 4.78 is 14.2. The van der Waals surface area contributed by atoms with Crippen LogP contribution in [0.3, 0.4) is 0 Å². The molecule has 0 bridgehead atoms. The van der Waals surface area contributed by atoms with Crippen LogP contribution in [0.5, 0.6) is 5.75 Å². The van der Waals surface area contributed by atoms with E-state index in [0.29, 0.717) is 19.0 Å². The molecule has 7 nitrogen and oxygen atoms in total. The fourth-order valence-electron chi connectivity index (χ4n) is 5.02. The number of hydrogen-bond donors (Lipinski definition) is 0. The molecule has 0 atom stereocenters. The van der Waals surface area contributed by atoms with Crippen LogP contribution in [0.2, 0.25) is 0 Å². The Labute approximate surface area is 207 Å². The Morgan fingerprint density at radius 3 is 2.40 bits per heavy atom. The van der Waals surface area contributed by atoms with Crippen molar-refractivity contribution in [3.05, 3.63) is 71.3 Å². The van der Waals surface area contributed by atoms with Crippen LogP contribution in [-0.4, -0.2) is 37.5 Å². The van der Waals surface area contributed by atoms with Crippen molar-refractivity contribution < 1.29 is 14.3 Å². The van der Waals surface area contributed by atoms with E-state index in [2.05, 4.69) is 39.9 Å². The Kier molecular flexibility index (Phi) is 6.26. The van der Waals surface area contributed by atoms with Gasteiger partial charge in [0.25, 0.3) is 0 Å². The largest absolute Gasteiger partial charge is 0.490 e. The summed E-state index contributed by atoms with van der Waals surface area (Å²) in [7, 11) is 0. The van der Waals surface area contributed by atoms with Gasteiger partial charge in [0, 0.05) is 5.92 Å². The van der Waals surface area contributed by atoms with Crippen molar-refractivity contribution in [2.75, 3.05) is 0 Å². The highest BCUT2D eigenvalue weighted by Gasteiger charge is 2.33. The zero-order valence-corrected chi connectivity index (χ0v) is 21.0. The van der Waals surface area contributed by atoms with E-state index in [1.54, 1.807) is 4.90 Å². The number of rotatable bonds is 3. The number of ether oxygens (including phenoxy) is 2. The van der Waals surface area contributed by atoms with E-state index >= 15 is 0 Å². The van der Waals surface area contributed by atoms with Crippen LogP contribution in [0.25, 0.3) is 5.69 Å². The van der Waals surface area contributed by atoms with Crippen LogP contribution in [-0.2, 0) is 17.8 Å². The van der Waals surface area contributed by atoms with Crippen LogP contribution in [0.1, 0.15) is 75.1 Å². The zero-order chi connectivity index (χ0) is 24.6. The average molecular weight is 475 g/mol. The molecule has 0 N–H and O–H groups in total. The normalized spacial score (nSPS) is 19.9. The third kappa shape index (κ3) is 5.04. The van der Waals surface area contributed by atoms with Crippen molar-refractivity contribution >= 4 is 6.09 Å². The van der Waals surface area contributed by atoms with Crippen molar-refractivity contribution in [2.45, 2.75) is 84.1 Å². The molecule has 0 spiro atoms. The lowest BCUT2D eigenvalue weighted by Crippen LogP contribution is -2.35. The van der Waals surface area contributed by atoms with Gasteiger partial charge < -0.3 is 9.47 Å². The fraction of sp³-hybridized carbons (Fsp3) is 0.464. The van der Waals surface area contributed by atoms with Crippen LogP contribution < -0.4 is 4.74 Å². The van der Waals surface area contributed by atoms with E-state index in [4.69, 9.17) is 9.47 Å². The number of hydrogen-bond acceptors (Lipinski definition) is 5. The highest BCUT2D eigenvalue weighted by molar-refractivity contribution is 5.68. The second-order valence-electron chi connectivity index (χ2n) is 10.6. The second kappa shape index (κ2) is 9.36. The van der Waals surface area contributed by atoms with Gasteiger partial charge in [0.05, 0.1) is 24.9 Å². The lowest BCUT2D eigenvalue weighted by Gasteiger charge is -2.29. The average Bonchev–Trinajstić information content (AvgIpc) is 3.15. The second-order valence-corrected chi connectivity index (χ2v) is 10.6. The first-order valence-electron chi connectivity index (χ1n) is 12.5. The van der Waals surface area contributed by atoms with Crippen molar-refractivity contribution in [3.8, 4) is 11.4 Å². The summed E-state index contributed by atoms with van der Waals surface area (Å²) in [4.78, 5) is 14.7. The fourth-order valence-corrected chi connectivity index (χ4v) is 5.02. The van der Waals surface area contributed by atoms with Gasteiger partial charge in [0.1, 0.15) is 17.2 Å². The molecule has 2 aromatic carbocycles. The van der Waals surface area contributed by atoms with Crippen molar-refractivity contribution in [1.29, 1.82) is 0 Å². The van der Waals surface area contributed by atoms with E-state index < -0.39 is 5.60 Å². The highest BCUT2D eigenvalue weighted by atomic mass is 16.6. The Bertz CT molecular complexity index is 1200. The number of amides is 1. The minimum atomic E-state index is -0.555. The van der Waals surface area contributed by atoms with E-state index in [1.165, 1.54) is 5.56 Å². The summed E-state index contributed by atoms with van der Waals surface area (Å²) in [6.45, 7) is 8.58. The van der Waals surface area contributed by atoms with Crippen molar-refractivity contribution in [2.24, 2.45) is 0 Å². The molecule has 1 aliphatic carbocycles. The Morgan fingerprint density at radius 2 is 1.66 bits per heavy atom. The summed E-state index contributed by atoms with van der Waals surface area (Å²) in [6, 6.07) is 16.4. The van der Waals surface area contributed by atoms with Crippen LogP contribution in [0.15, 0.2) is 48.5 Å². The summed E-state index contributed by atoms with van der Waals surface area (Å²) in [5, 5.41) is 9.20. The summed E-state index contributed by atoms with van der Waals surface area (Å²) in [5.41, 5.74) is 2.73. The first kappa shape index (κ1) is 23.4. The molecule has 184 valence electrons. The Hall–Kier alpha value is -3.35. The first-order valence-corrected chi connectivity index (χ1v) is 12.5. The third-order valence-electron chi connectivity index (χ3n) is 6.76. The Morgan fingerprint density at radius 1 is 0.943 bits per heavy atom. The molecule has 1 aromatic heterocycles. The van der Waals surface area contributed by atoms with Gasteiger partial charge >= 0.3 is 6.09 Å². The molecule has 2 heterocycles. The SMILES string of the molecule is Cc1ccccc1OC1CCC(c2nnc3n2-c2ccccc2CN(C(=O)OC(C)(C)C)C3)CC1. The zero-order valence-electron chi connectivity index (χ0n) is 21.0. The number of aryl methyl sites for hydroxylation is 1. The van der Waals surface area contributed by atoms with Crippen molar-refractivity contribution in [3.63, 3.8) is 0 Å². The molecule has 3 aromatic rings. The molecular formula is C28H34N4O3. The molecule has 0 unspecified atom stereocenters. The quantitative estimate of drug-likeness (QED) is 0.470. The maximum Gasteiger partial charge on any atom is 0.411 e. The molecule has 1 aliphatic heterocycles. The topological polar surface area (TPSA) is 69.5 Å². The van der Waals surface area contributed by atoms with Crippen molar-refractivity contribution in [1.82, 2.24) is 19.7 Å². The molecule has 0 radical (unpaired) electrons. The van der Waals surface area contributed by atoms with Crippen LogP contribution >= 0.6 is 0 Å². The van der Waals surface area contributed by atoms with Gasteiger partial charge in [-0.15, -0.1) is 10.2 Å². The number of aromatic nitrogens is 3. The Balaban J connectivity index is 1.37. The third-order valence-corrected chi connectivity index (χ3v) is 6.76. The smallest absolute Gasteiger partial charge is 0.411 e. The van der Waals surface area contributed by atoms with Gasteiger partial charge in [-0.1, -0.05) is 36.4 Å². The lowest BCUT2D eigenvalue weighted by molar-refractivity contribution is 0.0214. The standard InChI is InChI=1S/C28H34N4O3/c1-19-9-5-8-12-24(19)34-22-15-13-20(14-16-22)26-30-29-25-18-31(27(33)35-28(2,3)4)17-21-10-6-7-11-23(21)32(25)26/h5-12,20,22H,13-18H2,1-4H3. The number of nitrogens with zero attached hydrogens (tertiary/aromatic N) is 4. The van der Waals surface area contributed by atoms with E-state index in [0.717, 1.165) is 54.3 Å². The predicted octanol–water partition coefficient (Wildman–Crippen LogP) is 5.93. The van der Waals surface area contributed by atoms with Gasteiger partial charge in [-0.3, -0.25) is 9.47 Å². The van der Waals surface area contributed by atoms with E-state index in [9.17, 15) is 4.79 Å². The number of benzene rings is 2. The van der Waals surface area contributed by atoms with Gasteiger partial charge in [0.15, 0.2) is 5.82 Å². The summed E-state index contributed by atoms with van der Waals surface area (Å²) >= 11 is 0. The molecule has 1 amide bonds. The minimum Gasteiger partial charge on any atom is -0.490 e. The molecule has 5 rings (SSSR count). The van der Waals surface area contributed by atoms with Crippen LogP contribution in [0.4, 0.5) is 4.79 Å². The van der Waals surface area contributed by atoms with Gasteiger partial charge in [-0.05, 0) is 76.6 Å². The van der Waals surface area contributed by atoms with Crippen LogP contribution in [0, 0.1) is 6.92 Å². The van der Waals surface area contributed by atoms with E-state index in [-0.39, 0.29) is 12.2 Å². The van der Waals surface area contributed by atoms with E-state index in [1.807, 2.05) is 51.1 Å². The summed E-state index contributed by atoms with van der Waals surface area (Å²) in [5.74, 6) is 3.03. The molecule has 1 saturated carbocycles. The number of para-hydroxylation sites is 2.